The summed E-state index contributed by atoms with van der Waals surface area (Å²) in [5.41, 5.74) is 1.19. The minimum absolute atomic E-state index is 0.00277. The predicted molar refractivity (Wildman–Crippen MR) is 88.9 cm³/mol. The molecule has 23 heavy (non-hydrogen) atoms. The molecule has 1 aromatic rings. The van der Waals surface area contributed by atoms with Gasteiger partial charge in [0, 0.05) is 24.7 Å². The number of carbonyl (C=O) groups excluding carboxylic acids is 1. The predicted octanol–water partition coefficient (Wildman–Crippen LogP) is 2.64. The number of hydrogen-bond acceptors (Lipinski definition) is 3. The van der Waals surface area contributed by atoms with Crippen LogP contribution in [0.25, 0.3) is 0 Å². The molecule has 1 saturated heterocycles. The Balaban J connectivity index is 1.46. The van der Waals surface area contributed by atoms with E-state index in [1.807, 2.05) is 23.1 Å². The molecule has 5 nitrogen and oxygen atoms in total. The van der Waals surface area contributed by atoms with Gasteiger partial charge in [0.05, 0.1) is 25.9 Å². The summed E-state index contributed by atoms with van der Waals surface area (Å²) >= 11 is 6.23. The van der Waals surface area contributed by atoms with E-state index in [-0.39, 0.29) is 18.2 Å². The molecule has 1 saturated carbocycles. The molecule has 2 amide bonds. The van der Waals surface area contributed by atoms with E-state index >= 15 is 0 Å². The van der Waals surface area contributed by atoms with E-state index < -0.39 is 0 Å². The highest BCUT2D eigenvalue weighted by molar-refractivity contribution is 6.31. The Labute approximate surface area is 141 Å². The van der Waals surface area contributed by atoms with Crippen LogP contribution in [0.2, 0.25) is 5.02 Å². The van der Waals surface area contributed by atoms with Crippen molar-refractivity contribution >= 4 is 17.6 Å². The third-order valence-corrected chi connectivity index (χ3v) is 4.93. The lowest BCUT2D eigenvalue weighted by molar-refractivity contribution is -0.0498. The maximum absolute atomic E-state index is 12.4. The SMILES string of the molecule is COC[C@@H]1CN(C(=O)NC2CC(c3ccccc3Cl)C2)CCO1. The van der Waals surface area contributed by atoms with Crippen LogP contribution in [0.5, 0.6) is 0 Å². The summed E-state index contributed by atoms with van der Waals surface area (Å²) in [5.74, 6) is 0.444. The summed E-state index contributed by atoms with van der Waals surface area (Å²) in [6, 6.07) is 8.18. The van der Waals surface area contributed by atoms with Crippen LogP contribution in [-0.2, 0) is 9.47 Å². The van der Waals surface area contributed by atoms with Gasteiger partial charge in [-0.15, -0.1) is 0 Å². The van der Waals surface area contributed by atoms with Gasteiger partial charge in [-0.25, -0.2) is 4.79 Å². The van der Waals surface area contributed by atoms with Crippen LogP contribution >= 0.6 is 11.6 Å². The van der Waals surface area contributed by atoms with Gasteiger partial charge in [-0.2, -0.15) is 0 Å². The Bertz CT molecular complexity index is 546. The van der Waals surface area contributed by atoms with Crippen molar-refractivity contribution in [2.24, 2.45) is 0 Å². The zero-order valence-electron chi connectivity index (χ0n) is 13.3. The highest BCUT2D eigenvalue weighted by Gasteiger charge is 2.34. The van der Waals surface area contributed by atoms with Gasteiger partial charge in [-0.3, -0.25) is 0 Å². The van der Waals surface area contributed by atoms with Crippen LogP contribution in [0.3, 0.4) is 0 Å². The third-order valence-electron chi connectivity index (χ3n) is 4.59. The number of benzene rings is 1. The third kappa shape index (κ3) is 3.97. The van der Waals surface area contributed by atoms with Gasteiger partial charge in [-0.1, -0.05) is 29.8 Å². The second-order valence-electron chi connectivity index (χ2n) is 6.23. The maximum Gasteiger partial charge on any atom is 0.317 e. The molecule has 0 unspecified atom stereocenters. The topological polar surface area (TPSA) is 50.8 Å². The normalized spacial score (nSPS) is 27.4. The van der Waals surface area contributed by atoms with Crippen molar-refractivity contribution in [3.8, 4) is 0 Å². The lowest BCUT2D eigenvalue weighted by Crippen LogP contribution is -2.54. The summed E-state index contributed by atoms with van der Waals surface area (Å²) in [4.78, 5) is 14.2. The standard InChI is InChI=1S/C17H23ClN2O3/c1-22-11-14-10-20(6-7-23-14)17(21)19-13-8-12(9-13)15-4-2-3-5-16(15)18/h2-5,12-14H,6-11H2,1H3,(H,19,21)/t12?,13?,14-/m0/s1. The fourth-order valence-electron chi connectivity index (χ4n) is 3.25. The first kappa shape index (κ1) is 16.6. The van der Waals surface area contributed by atoms with Crippen molar-refractivity contribution in [3.05, 3.63) is 34.9 Å². The second kappa shape index (κ2) is 7.51. The summed E-state index contributed by atoms with van der Waals surface area (Å²) in [5, 5.41) is 3.93. The average Bonchev–Trinajstić information content (AvgIpc) is 2.52. The molecule has 6 heteroatoms. The van der Waals surface area contributed by atoms with Crippen molar-refractivity contribution in [2.45, 2.75) is 30.9 Å². The van der Waals surface area contributed by atoms with Gasteiger partial charge in [0.1, 0.15) is 0 Å². The van der Waals surface area contributed by atoms with Crippen molar-refractivity contribution in [1.82, 2.24) is 10.2 Å². The molecule has 1 atom stereocenters. The first-order chi connectivity index (χ1) is 11.2. The number of amides is 2. The van der Waals surface area contributed by atoms with E-state index in [4.69, 9.17) is 21.1 Å². The van der Waals surface area contributed by atoms with E-state index in [1.165, 1.54) is 5.56 Å². The summed E-state index contributed by atoms with van der Waals surface area (Å²) in [6.07, 6.45) is 1.86. The van der Waals surface area contributed by atoms with Crippen LogP contribution in [0.4, 0.5) is 4.79 Å². The van der Waals surface area contributed by atoms with E-state index in [0.717, 1.165) is 17.9 Å². The number of nitrogens with zero attached hydrogens (tertiary/aromatic N) is 1. The lowest BCUT2D eigenvalue weighted by Gasteiger charge is -2.39. The number of urea groups is 1. The Morgan fingerprint density at radius 2 is 2.22 bits per heavy atom. The molecule has 1 aromatic carbocycles. The van der Waals surface area contributed by atoms with Crippen LogP contribution in [0.15, 0.2) is 24.3 Å². The van der Waals surface area contributed by atoms with E-state index in [1.54, 1.807) is 7.11 Å². The zero-order chi connectivity index (χ0) is 16.2. The molecule has 0 radical (unpaired) electrons. The Morgan fingerprint density at radius 3 is 2.96 bits per heavy atom. The molecule has 1 aliphatic heterocycles. The molecule has 2 aliphatic rings. The molecule has 1 N–H and O–H groups in total. The fourth-order valence-corrected chi connectivity index (χ4v) is 3.54. The summed E-state index contributed by atoms with van der Waals surface area (Å²) in [7, 11) is 1.64. The highest BCUT2D eigenvalue weighted by Crippen LogP contribution is 2.39. The number of halogens is 1. The molecular formula is C17H23ClN2O3. The summed E-state index contributed by atoms with van der Waals surface area (Å²) in [6.45, 7) is 2.29. The lowest BCUT2D eigenvalue weighted by atomic mass is 9.76. The number of carbonyl (C=O) groups is 1. The number of hydrogen-bond donors (Lipinski definition) is 1. The van der Waals surface area contributed by atoms with E-state index in [9.17, 15) is 4.79 Å². The number of methoxy groups -OCH3 is 1. The van der Waals surface area contributed by atoms with Gasteiger partial charge in [0.15, 0.2) is 0 Å². The minimum atomic E-state index is -0.0308. The Hall–Kier alpha value is -1.30. The monoisotopic (exact) mass is 338 g/mol. The van der Waals surface area contributed by atoms with E-state index in [2.05, 4.69) is 11.4 Å². The average molecular weight is 339 g/mol. The molecule has 0 bridgehead atoms. The minimum Gasteiger partial charge on any atom is -0.382 e. The Kier molecular flexibility index (Phi) is 5.41. The first-order valence-electron chi connectivity index (χ1n) is 8.07. The number of rotatable bonds is 4. The smallest absolute Gasteiger partial charge is 0.317 e. The maximum atomic E-state index is 12.4. The second-order valence-corrected chi connectivity index (χ2v) is 6.64. The molecule has 126 valence electrons. The molecule has 3 rings (SSSR count). The van der Waals surface area contributed by atoms with Crippen LogP contribution < -0.4 is 5.32 Å². The van der Waals surface area contributed by atoms with Crippen molar-refractivity contribution < 1.29 is 14.3 Å². The van der Waals surface area contributed by atoms with Gasteiger partial charge in [-0.05, 0) is 30.4 Å². The largest absolute Gasteiger partial charge is 0.382 e. The quantitative estimate of drug-likeness (QED) is 0.918. The number of ether oxygens (including phenoxy) is 2. The fraction of sp³-hybridized carbons (Fsp3) is 0.588. The molecule has 0 aromatic heterocycles. The molecule has 1 aliphatic carbocycles. The van der Waals surface area contributed by atoms with Gasteiger partial charge in [0.25, 0.3) is 0 Å². The van der Waals surface area contributed by atoms with Gasteiger partial charge in [0.2, 0.25) is 0 Å². The van der Waals surface area contributed by atoms with E-state index in [0.29, 0.717) is 32.2 Å². The van der Waals surface area contributed by atoms with Crippen LogP contribution in [0, 0.1) is 0 Å². The van der Waals surface area contributed by atoms with Gasteiger partial charge < -0.3 is 19.7 Å². The first-order valence-corrected chi connectivity index (χ1v) is 8.45. The van der Waals surface area contributed by atoms with Crippen molar-refractivity contribution in [3.63, 3.8) is 0 Å². The van der Waals surface area contributed by atoms with Gasteiger partial charge >= 0.3 is 6.03 Å². The molecule has 1 heterocycles. The number of nitrogens with one attached hydrogen (secondary N) is 1. The zero-order valence-corrected chi connectivity index (χ0v) is 14.1. The highest BCUT2D eigenvalue weighted by atomic mass is 35.5. The van der Waals surface area contributed by atoms with Crippen LogP contribution in [-0.4, -0.2) is 56.5 Å². The molecule has 2 fully saturated rings. The van der Waals surface area contributed by atoms with Crippen molar-refractivity contribution in [1.29, 1.82) is 0 Å². The van der Waals surface area contributed by atoms with Crippen LogP contribution in [0.1, 0.15) is 24.3 Å². The van der Waals surface area contributed by atoms with Crippen molar-refractivity contribution in [2.75, 3.05) is 33.4 Å². The Morgan fingerprint density at radius 1 is 1.43 bits per heavy atom. The molecular weight excluding hydrogens is 316 g/mol. The summed E-state index contributed by atoms with van der Waals surface area (Å²) < 4.78 is 10.7. The number of morpholine rings is 1. The molecule has 0 spiro atoms.